The first-order valence-corrected chi connectivity index (χ1v) is 10.4. The molecule has 28 heavy (non-hydrogen) atoms. The number of aryl methyl sites for hydroxylation is 1. The molecule has 2 N–H and O–H groups in total. The van der Waals surface area contributed by atoms with Crippen LogP contribution in [0, 0.1) is 6.92 Å². The summed E-state index contributed by atoms with van der Waals surface area (Å²) < 4.78 is 41.1. The second-order valence-corrected chi connectivity index (χ2v) is 8.35. The summed E-state index contributed by atoms with van der Waals surface area (Å²) in [5.74, 6) is 0. The minimum absolute atomic E-state index is 0.0110. The zero-order valence-corrected chi connectivity index (χ0v) is 16.3. The number of ether oxygens (including phenoxy) is 2. The van der Waals surface area contributed by atoms with Crippen molar-refractivity contribution in [3.05, 3.63) is 65.7 Å². The van der Waals surface area contributed by atoms with E-state index in [4.69, 9.17) is 13.7 Å². The molecule has 0 radical (unpaired) electrons. The van der Waals surface area contributed by atoms with Gasteiger partial charge in [-0.1, -0.05) is 48.0 Å². The van der Waals surface area contributed by atoms with Crippen molar-refractivity contribution in [2.75, 3.05) is 6.61 Å². The Hall–Kier alpha value is -1.81. The lowest BCUT2D eigenvalue weighted by atomic mass is 10.0. The van der Waals surface area contributed by atoms with Crippen LogP contribution in [0.15, 0.2) is 59.5 Å². The Labute approximate surface area is 164 Å². The van der Waals surface area contributed by atoms with E-state index < -0.39 is 34.7 Å². The third-order valence-corrected chi connectivity index (χ3v) is 5.83. The molecule has 1 aliphatic heterocycles. The molecule has 4 atom stereocenters. The van der Waals surface area contributed by atoms with Gasteiger partial charge in [0.25, 0.3) is 10.1 Å². The lowest BCUT2D eigenvalue weighted by Crippen LogP contribution is -2.51. The van der Waals surface area contributed by atoms with Crippen LogP contribution in [0.4, 0.5) is 0 Å². The lowest BCUT2D eigenvalue weighted by Gasteiger charge is -2.36. The predicted molar refractivity (Wildman–Crippen MR) is 101 cm³/mol. The number of hydrogen-bond acceptors (Lipinski definition) is 7. The van der Waals surface area contributed by atoms with E-state index in [1.807, 2.05) is 37.3 Å². The molecule has 0 unspecified atom stereocenters. The molecular formula is C20H24O7S. The SMILES string of the molecule is Cc1ccc(S(=O)(=O)O[C@H]2C[C@@H](COCc3ccccc3)O[C@@H](O)[C@@H]2O)cc1. The molecule has 0 aromatic heterocycles. The first-order valence-electron chi connectivity index (χ1n) is 8.98. The molecule has 8 heteroatoms. The summed E-state index contributed by atoms with van der Waals surface area (Å²) in [6, 6.07) is 15.7. The topological polar surface area (TPSA) is 102 Å². The summed E-state index contributed by atoms with van der Waals surface area (Å²) in [5.41, 5.74) is 1.89. The van der Waals surface area contributed by atoms with Crippen LogP contribution in [-0.2, 0) is 30.4 Å². The Morgan fingerprint density at radius 3 is 2.43 bits per heavy atom. The fourth-order valence-corrected chi connectivity index (χ4v) is 4.02. The molecule has 0 saturated carbocycles. The maximum Gasteiger partial charge on any atom is 0.297 e. The lowest BCUT2D eigenvalue weighted by molar-refractivity contribution is -0.250. The van der Waals surface area contributed by atoms with Gasteiger partial charge in [-0.25, -0.2) is 0 Å². The number of benzene rings is 2. The van der Waals surface area contributed by atoms with Gasteiger partial charge in [-0.05, 0) is 24.6 Å². The zero-order valence-electron chi connectivity index (χ0n) is 15.5. The molecule has 0 aliphatic carbocycles. The molecule has 1 saturated heterocycles. The molecular weight excluding hydrogens is 384 g/mol. The molecule has 0 spiro atoms. The van der Waals surface area contributed by atoms with E-state index >= 15 is 0 Å². The summed E-state index contributed by atoms with van der Waals surface area (Å²) in [6.07, 6.45) is -4.72. The maximum absolute atomic E-state index is 12.5. The van der Waals surface area contributed by atoms with E-state index in [0.717, 1.165) is 11.1 Å². The van der Waals surface area contributed by atoms with Crippen molar-refractivity contribution in [2.24, 2.45) is 0 Å². The average Bonchev–Trinajstić information content (AvgIpc) is 2.67. The van der Waals surface area contributed by atoms with Crippen LogP contribution < -0.4 is 0 Å². The van der Waals surface area contributed by atoms with Crippen molar-refractivity contribution in [3.8, 4) is 0 Å². The van der Waals surface area contributed by atoms with Gasteiger partial charge in [-0.3, -0.25) is 4.18 Å². The van der Waals surface area contributed by atoms with Crippen LogP contribution in [-0.4, -0.2) is 49.8 Å². The molecule has 2 aromatic carbocycles. The van der Waals surface area contributed by atoms with Crippen LogP contribution >= 0.6 is 0 Å². The van der Waals surface area contributed by atoms with Gasteiger partial charge < -0.3 is 19.7 Å². The largest absolute Gasteiger partial charge is 0.385 e. The van der Waals surface area contributed by atoms with Crippen molar-refractivity contribution in [2.45, 2.75) is 49.4 Å². The fourth-order valence-electron chi connectivity index (χ4n) is 2.92. The van der Waals surface area contributed by atoms with Crippen LogP contribution in [0.1, 0.15) is 17.5 Å². The number of rotatable bonds is 7. The first-order chi connectivity index (χ1) is 13.3. The van der Waals surface area contributed by atoms with E-state index in [0.29, 0.717) is 6.61 Å². The normalized spacial score (nSPS) is 25.5. The second-order valence-electron chi connectivity index (χ2n) is 6.78. The standard InChI is InChI=1S/C20H24O7S/c1-14-7-9-17(10-8-14)28(23,24)27-18-11-16(26-20(22)19(18)21)13-25-12-15-5-3-2-4-6-15/h2-10,16,18-22H,11-13H2,1H3/t16-,18-,19+,20+/m0/s1. The second kappa shape index (κ2) is 9.13. The van der Waals surface area contributed by atoms with Gasteiger partial charge in [0, 0.05) is 6.42 Å². The first kappa shape index (κ1) is 20.9. The third kappa shape index (κ3) is 5.38. The summed E-state index contributed by atoms with van der Waals surface area (Å²) in [6.45, 7) is 2.32. The molecule has 3 rings (SSSR count). The highest BCUT2D eigenvalue weighted by Crippen LogP contribution is 2.26. The van der Waals surface area contributed by atoms with Gasteiger partial charge in [0.05, 0.1) is 24.2 Å². The molecule has 1 aliphatic rings. The van der Waals surface area contributed by atoms with Crippen LogP contribution in [0.3, 0.4) is 0 Å². The third-order valence-electron chi connectivity index (χ3n) is 4.48. The van der Waals surface area contributed by atoms with Gasteiger partial charge in [-0.15, -0.1) is 0 Å². The van der Waals surface area contributed by atoms with E-state index in [-0.39, 0.29) is 17.9 Å². The Balaban J connectivity index is 1.61. The fraction of sp³-hybridized carbons (Fsp3) is 0.400. The summed E-state index contributed by atoms with van der Waals surface area (Å²) in [4.78, 5) is -0.0110. The van der Waals surface area contributed by atoms with Crippen LogP contribution in [0.25, 0.3) is 0 Å². The Morgan fingerprint density at radius 1 is 1.07 bits per heavy atom. The average molecular weight is 408 g/mol. The number of aliphatic hydroxyl groups excluding tert-OH is 2. The molecule has 1 fully saturated rings. The number of aliphatic hydroxyl groups is 2. The van der Waals surface area contributed by atoms with Gasteiger partial charge in [0.15, 0.2) is 6.29 Å². The summed E-state index contributed by atoms with van der Waals surface area (Å²) in [5, 5.41) is 20.0. The minimum atomic E-state index is -4.09. The van der Waals surface area contributed by atoms with Crippen molar-refractivity contribution >= 4 is 10.1 Å². The zero-order chi connectivity index (χ0) is 20.1. The summed E-state index contributed by atoms with van der Waals surface area (Å²) >= 11 is 0. The Morgan fingerprint density at radius 2 is 1.75 bits per heavy atom. The highest BCUT2D eigenvalue weighted by Gasteiger charge is 2.40. The minimum Gasteiger partial charge on any atom is -0.385 e. The van der Waals surface area contributed by atoms with Gasteiger partial charge in [0.2, 0.25) is 0 Å². The quantitative estimate of drug-likeness (QED) is 0.673. The van der Waals surface area contributed by atoms with Crippen LogP contribution in [0.5, 0.6) is 0 Å². The van der Waals surface area contributed by atoms with Crippen molar-refractivity contribution in [3.63, 3.8) is 0 Å². The van der Waals surface area contributed by atoms with Crippen molar-refractivity contribution in [1.29, 1.82) is 0 Å². The molecule has 0 amide bonds. The Bertz CT molecular complexity index is 852. The highest BCUT2D eigenvalue weighted by atomic mass is 32.2. The molecule has 2 aromatic rings. The van der Waals surface area contributed by atoms with E-state index in [2.05, 4.69) is 0 Å². The maximum atomic E-state index is 12.5. The molecule has 1 heterocycles. The van der Waals surface area contributed by atoms with Crippen molar-refractivity contribution < 1.29 is 32.3 Å². The smallest absolute Gasteiger partial charge is 0.297 e. The molecule has 152 valence electrons. The van der Waals surface area contributed by atoms with E-state index in [1.165, 1.54) is 12.1 Å². The Kier molecular flexibility index (Phi) is 6.82. The predicted octanol–water partition coefficient (Wildman–Crippen LogP) is 1.75. The number of hydrogen-bond donors (Lipinski definition) is 2. The van der Waals surface area contributed by atoms with E-state index in [9.17, 15) is 18.6 Å². The summed E-state index contributed by atoms with van der Waals surface area (Å²) in [7, 11) is -4.09. The monoisotopic (exact) mass is 408 g/mol. The van der Waals surface area contributed by atoms with E-state index in [1.54, 1.807) is 12.1 Å². The van der Waals surface area contributed by atoms with Gasteiger partial charge in [-0.2, -0.15) is 8.42 Å². The van der Waals surface area contributed by atoms with Gasteiger partial charge in [0.1, 0.15) is 12.2 Å². The molecule has 0 bridgehead atoms. The van der Waals surface area contributed by atoms with Gasteiger partial charge >= 0.3 is 0 Å². The molecule has 7 nitrogen and oxygen atoms in total. The van der Waals surface area contributed by atoms with Crippen molar-refractivity contribution in [1.82, 2.24) is 0 Å². The highest BCUT2D eigenvalue weighted by molar-refractivity contribution is 7.86. The van der Waals surface area contributed by atoms with Crippen LogP contribution in [0.2, 0.25) is 0 Å².